The lowest BCUT2D eigenvalue weighted by atomic mass is 10.0. The summed E-state index contributed by atoms with van der Waals surface area (Å²) in [5.41, 5.74) is 3.25. The van der Waals surface area contributed by atoms with Gasteiger partial charge in [0.2, 0.25) is 0 Å². The first-order valence-electron chi connectivity index (χ1n) is 4.50. The molecule has 1 aromatic rings. The maximum atomic E-state index is 8.78. The van der Waals surface area contributed by atoms with Crippen molar-refractivity contribution >= 4 is 17.8 Å². The van der Waals surface area contributed by atoms with Gasteiger partial charge < -0.3 is 0 Å². The molecular formula is C11H8N2S. The van der Waals surface area contributed by atoms with E-state index in [0.717, 1.165) is 11.4 Å². The number of hydrogen-bond donors (Lipinski definition) is 1. The molecule has 1 unspecified atom stereocenters. The zero-order chi connectivity index (χ0) is 9.54. The molecule has 2 aliphatic rings. The van der Waals surface area contributed by atoms with Gasteiger partial charge in [0.15, 0.2) is 0 Å². The molecule has 0 aromatic heterocycles. The van der Waals surface area contributed by atoms with Gasteiger partial charge in [0.25, 0.3) is 0 Å². The van der Waals surface area contributed by atoms with Crippen LogP contribution in [0.1, 0.15) is 22.7 Å². The van der Waals surface area contributed by atoms with Gasteiger partial charge in [-0.3, -0.25) is 5.32 Å². The van der Waals surface area contributed by atoms with Gasteiger partial charge in [-0.05, 0) is 29.3 Å². The molecule has 1 aliphatic carbocycles. The zero-order valence-corrected chi connectivity index (χ0v) is 8.27. The molecule has 1 heterocycles. The summed E-state index contributed by atoms with van der Waals surface area (Å²) in [4.78, 5) is 1.38. The van der Waals surface area contributed by atoms with Crippen molar-refractivity contribution in [2.75, 3.05) is 5.88 Å². The summed E-state index contributed by atoms with van der Waals surface area (Å²) in [5.74, 6) is 0.996. The summed E-state index contributed by atoms with van der Waals surface area (Å²) < 4.78 is 0. The molecule has 1 fully saturated rings. The number of nitrogens with one attached hydrogen (secondary N) is 1. The van der Waals surface area contributed by atoms with Crippen LogP contribution in [0.2, 0.25) is 0 Å². The van der Waals surface area contributed by atoms with Crippen LogP contribution in [-0.2, 0) is 0 Å². The number of thioether (sulfide) groups is 1. The van der Waals surface area contributed by atoms with Crippen LogP contribution < -0.4 is 5.32 Å². The normalized spacial score (nSPS) is 22.5. The summed E-state index contributed by atoms with van der Waals surface area (Å²) >= 11 is 1.85. The van der Waals surface area contributed by atoms with E-state index in [1.807, 2.05) is 23.9 Å². The molecule has 1 atom stereocenters. The van der Waals surface area contributed by atoms with Gasteiger partial charge in [0.1, 0.15) is 0 Å². The van der Waals surface area contributed by atoms with Crippen LogP contribution in [0, 0.1) is 11.3 Å². The molecule has 14 heavy (non-hydrogen) atoms. The topological polar surface area (TPSA) is 35.8 Å². The maximum Gasteiger partial charge on any atom is 0.0991 e. The van der Waals surface area contributed by atoms with E-state index >= 15 is 0 Å². The standard InChI is InChI=1S/C11H8N2S/c12-5-7-1-2-9-8(3-7)4-10-11(9)13-6-14-10/h1-4,11,13H,6H2. The van der Waals surface area contributed by atoms with E-state index in [0.29, 0.717) is 6.04 Å². The Bertz CT molecular complexity index is 471. The first kappa shape index (κ1) is 8.10. The second kappa shape index (κ2) is 2.88. The van der Waals surface area contributed by atoms with Crippen molar-refractivity contribution in [3.05, 3.63) is 39.8 Å². The van der Waals surface area contributed by atoms with Gasteiger partial charge >= 0.3 is 0 Å². The van der Waals surface area contributed by atoms with Gasteiger partial charge in [-0.25, -0.2) is 0 Å². The third-order valence-corrected chi connectivity index (χ3v) is 3.63. The third-order valence-electron chi connectivity index (χ3n) is 2.64. The number of rotatable bonds is 0. The highest BCUT2D eigenvalue weighted by Crippen LogP contribution is 2.44. The van der Waals surface area contributed by atoms with E-state index in [4.69, 9.17) is 5.26 Å². The lowest BCUT2D eigenvalue weighted by Crippen LogP contribution is -2.12. The molecule has 0 bridgehead atoms. The van der Waals surface area contributed by atoms with Crippen LogP contribution in [0.5, 0.6) is 0 Å². The van der Waals surface area contributed by atoms with Gasteiger partial charge in [-0.15, -0.1) is 11.8 Å². The van der Waals surface area contributed by atoms with Crippen LogP contribution in [0.25, 0.3) is 6.08 Å². The fraction of sp³-hybridized carbons (Fsp3) is 0.182. The van der Waals surface area contributed by atoms with Gasteiger partial charge in [0, 0.05) is 10.8 Å². The molecule has 1 N–H and O–H groups in total. The Kier molecular flexibility index (Phi) is 1.66. The molecule has 3 rings (SSSR count). The molecule has 0 spiro atoms. The third kappa shape index (κ3) is 1.02. The van der Waals surface area contributed by atoms with E-state index in [-0.39, 0.29) is 0 Å². The highest BCUT2D eigenvalue weighted by molar-refractivity contribution is 8.03. The zero-order valence-electron chi connectivity index (χ0n) is 7.45. The summed E-state index contributed by atoms with van der Waals surface area (Å²) in [6.45, 7) is 0. The Morgan fingerprint density at radius 1 is 1.50 bits per heavy atom. The largest absolute Gasteiger partial charge is 0.296 e. The van der Waals surface area contributed by atoms with Crippen LogP contribution in [0.15, 0.2) is 23.1 Å². The van der Waals surface area contributed by atoms with E-state index in [1.165, 1.54) is 16.0 Å². The predicted molar refractivity (Wildman–Crippen MR) is 57.5 cm³/mol. The Hall–Kier alpha value is -1.24. The number of fused-ring (bicyclic) bond motifs is 3. The van der Waals surface area contributed by atoms with E-state index in [1.54, 1.807) is 0 Å². The first-order chi connectivity index (χ1) is 6.88. The number of hydrogen-bond acceptors (Lipinski definition) is 3. The Balaban J connectivity index is 2.14. The average molecular weight is 200 g/mol. The smallest absolute Gasteiger partial charge is 0.0991 e. The molecule has 2 nitrogen and oxygen atoms in total. The minimum Gasteiger partial charge on any atom is -0.296 e. The highest BCUT2D eigenvalue weighted by atomic mass is 32.2. The van der Waals surface area contributed by atoms with Crippen molar-refractivity contribution in [3.63, 3.8) is 0 Å². The Morgan fingerprint density at radius 3 is 3.29 bits per heavy atom. The Morgan fingerprint density at radius 2 is 2.43 bits per heavy atom. The average Bonchev–Trinajstić information content (AvgIpc) is 2.75. The fourth-order valence-corrected chi connectivity index (χ4v) is 2.97. The SMILES string of the molecule is N#Cc1ccc2c(c1)C=C1SCNC12. The van der Waals surface area contributed by atoms with Crippen LogP contribution in [-0.4, -0.2) is 5.88 Å². The molecule has 3 heteroatoms. The second-order valence-corrected chi connectivity index (χ2v) is 4.48. The summed E-state index contributed by atoms with van der Waals surface area (Å²) in [6.07, 6.45) is 2.19. The van der Waals surface area contributed by atoms with Gasteiger partial charge in [0.05, 0.1) is 17.7 Å². The van der Waals surface area contributed by atoms with Crippen molar-refractivity contribution in [1.82, 2.24) is 5.32 Å². The monoisotopic (exact) mass is 200 g/mol. The summed E-state index contributed by atoms with van der Waals surface area (Å²) in [5, 5.41) is 12.2. The predicted octanol–water partition coefficient (Wildman–Crippen LogP) is 2.25. The van der Waals surface area contributed by atoms with Crippen molar-refractivity contribution in [3.8, 4) is 6.07 Å². The van der Waals surface area contributed by atoms with Crippen molar-refractivity contribution in [1.29, 1.82) is 5.26 Å². The molecule has 1 aliphatic heterocycles. The minimum absolute atomic E-state index is 0.391. The number of benzene rings is 1. The van der Waals surface area contributed by atoms with Crippen LogP contribution in [0.4, 0.5) is 0 Å². The van der Waals surface area contributed by atoms with Crippen molar-refractivity contribution in [2.45, 2.75) is 6.04 Å². The maximum absolute atomic E-state index is 8.78. The molecule has 0 amide bonds. The quantitative estimate of drug-likeness (QED) is 0.697. The highest BCUT2D eigenvalue weighted by Gasteiger charge is 2.29. The van der Waals surface area contributed by atoms with E-state index < -0.39 is 0 Å². The van der Waals surface area contributed by atoms with Crippen LogP contribution in [0.3, 0.4) is 0 Å². The van der Waals surface area contributed by atoms with Crippen LogP contribution >= 0.6 is 11.8 Å². The lowest BCUT2D eigenvalue weighted by Gasteiger charge is -2.07. The molecule has 1 saturated heterocycles. The minimum atomic E-state index is 0.391. The van der Waals surface area contributed by atoms with E-state index in [2.05, 4.69) is 23.5 Å². The first-order valence-corrected chi connectivity index (χ1v) is 5.49. The van der Waals surface area contributed by atoms with Gasteiger partial charge in [-0.1, -0.05) is 6.07 Å². The summed E-state index contributed by atoms with van der Waals surface area (Å²) in [6, 6.07) is 8.46. The lowest BCUT2D eigenvalue weighted by molar-refractivity contribution is 0.724. The van der Waals surface area contributed by atoms with Crippen molar-refractivity contribution in [2.24, 2.45) is 0 Å². The number of nitriles is 1. The second-order valence-electron chi connectivity index (χ2n) is 3.43. The van der Waals surface area contributed by atoms with Gasteiger partial charge in [-0.2, -0.15) is 5.26 Å². The molecule has 1 aromatic carbocycles. The molecule has 0 saturated carbocycles. The molecule has 68 valence electrons. The van der Waals surface area contributed by atoms with Crippen molar-refractivity contribution < 1.29 is 0 Å². The summed E-state index contributed by atoms with van der Waals surface area (Å²) in [7, 11) is 0. The fourth-order valence-electron chi connectivity index (χ4n) is 1.97. The molecule has 0 radical (unpaired) electrons. The Labute approximate surface area is 86.6 Å². The molecular weight excluding hydrogens is 192 g/mol. The van der Waals surface area contributed by atoms with E-state index in [9.17, 15) is 0 Å². The number of nitrogens with zero attached hydrogens (tertiary/aromatic N) is 1.